The predicted octanol–water partition coefficient (Wildman–Crippen LogP) is 3.73. The molecule has 3 nitrogen and oxygen atoms in total. The van der Waals surface area contributed by atoms with Crippen LogP contribution in [0.15, 0.2) is 30.6 Å². The third kappa shape index (κ3) is 3.16. The Morgan fingerprint density at radius 1 is 1.26 bits per heavy atom. The summed E-state index contributed by atoms with van der Waals surface area (Å²) in [6, 6.07) is 8.72. The number of rotatable bonds is 5. The number of hydrogen-bond acceptors (Lipinski definition) is 2. The first-order valence-corrected chi connectivity index (χ1v) is 7.16. The second-order valence-electron chi connectivity index (χ2n) is 5.13. The summed E-state index contributed by atoms with van der Waals surface area (Å²) in [5.74, 6) is 1.88. The van der Waals surface area contributed by atoms with Gasteiger partial charge in [-0.3, -0.25) is 0 Å². The topological polar surface area (TPSA) is 30.7 Å². The Bertz CT molecular complexity index is 534. The monoisotopic (exact) mass is 277 g/mol. The van der Waals surface area contributed by atoms with Gasteiger partial charge in [-0.2, -0.15) is 5.10 Å². The van der Waals surface area contributed by atoms with Crippen LogP contribution in [0.3, 0.4) is 0 Å². The van der Waals surface area contributed by atoms with Gasteiger partial charge >= 0.3 is 0 Å². The zero-order valence-electron chi connectivity index (χ0n) is 11.7. The SMILES string of the molecule is Cc1ccccc1C(CCl)Cc1ncnn1C(C)C. The van der Waals surface area contributed by atoms with Crippen molar-refractivity contribution in [3.63, 3.8) is 0 Å². The molecule has 0 N–H and O–H groups in total. The van der Waals surface area contributed by atoms with Gasteiger partial charge in [0.05, 0.1) is 0 Å². The average Bonchev–Trinajstić information content (AvgIpc) is 2.85. The second-order valence-corrected chi connectivity index (χ2v) is 5.44. The minimum Gasteiger partial charge on any atom is -0.248 e. The fraction of sp³-hybridized carbons (Fsp3) is 0.467. The van der Waals surface area contributed by atoms with E-state index in [9.17, 15) is 0 Å². The largest absolute Gasteiger partial charge is 0.248 e. The lowest BCUT2D eigenvalue weighted by molar-refractivity contribution is 0.496. The van der Waals surface area contributed by atoms with Gasteiger partial charge in [0.2, 0.25) is 0 Å². The molecule has 1 aromatic heterocycles. The van der Waals surface area contributed by atoms with Crippen molar-refractivity contribution in [3.8, 4) is 0 Å². The van der Waals surface area contributed by atoms with Crippen LogP contribution in [-0.4, -0.2) is 20.6 Å². The molecule has 2 aromatic rings. The van der Waals surface area contributed by atoms with Crippen LogP contribution in [0.25, 0.3) is 0 Å². The van der Waals surface area contributed by atoms with E-state index in [0.29, 0.717) is 11.9 Å². The lowest BCUT2D eigenvalue weighted by Crippen LogP contribution is -2.14. The van der Waals surface area contributed by atoms with Crippen LogP contribution in [0, 0.1) is 6.92 Å². The molecule has 0 fully saturated rings. The Balaban J connectivity index is 2.25. The molecule has 1 heterocycles. The Morgan fingerprint density at radius 3 is 2.63 bits per heavy atom. The highest BCUT2D eigenvalue weighted by Crippen LogP contribution is 2.25. The van der Waals surface area contributed by atoms with Crippen LogP contribution in [0.2, 0.25) is 0 Å². The lowest BCUT2D eigenvalue weighted by Gasteiger charge is -2.17. The van der Waals surface area contributed by atoms with E-state index >= 15 is 0 Å². The van der Waals surface area contributed by atoms with Gasteiger partial charge in [-0.25, -0.2) is 9.67 Å². The minimum absolute atomic E-state index is 0.282. The van der Waals surface area contributed by atoms with E-state index in [1.165, 1.54) is 11.1 Å². The van der Waals surface area contributed by atoms with Crippen LogP contribution in [0.1, 0.15) is 42.8 Å². The predicted molar refractivity (Wildman–Crippen MR) is 78.8 cm³/mol. The maximum Gasteiger partial charge on any atom is 0.138 e. The molecule has 0 aliphatic heterocycles. The highest BCUT2D eigenvalue weighted by Gasteiger charge is 2.17. The Hall–Kier alpha value is -1.35. The average molecular weight is 278 g/mol. The van der Waals surface area contributed by atoms with Crippen molar-refractivity contribution in [1.29, 1.82) is 0 Å². The maximum absolute atomic E-state index is 6.17. The smallest absolute Gasteiger partial charge is 0.138 e. The minimum atomic E-state index is 0.282. The summed E-state index contributed by atoms with van der Waals surface area (Å²) >= 11 is 6.17. The molecule has 1 aromatic carbocycles. The summed E-state index contributed by atoms with van der Waals surface area (Å²) in [6.45, 7) is 6.35. The fourth-order valence-electron chi connectivity index (χ4n) is 2.36. The molecule has 0 radical (unpaired) electrons. The van der Waals surface area contributed by atoms with E-state index in [-0.39, 0.29) is 5.92 Å². The molecule has 2 rings (SSSR count). The summed E-state index contributed by atoms with van der Waals surface area (Å²) in [7, 11) is 0. The number of aromatic nitrogens is 3. The van der Waals surface area contributed by atoms with Crippen LogP contribution in [0.4, 0.5) is 0 Å². The van der Waals surface area contributed by atoms with Crippen molar-refractivity contribution in [2.24, 2.45) is 0 Å². The summed E-state index contributed by atoms with van der Waals surface area (Å²) in [4.78, 5) is 4.37. The van der Waals surface area contributed by atoms with Crippen LogP contribution < -0.4 is 0 Å². The van der Waals surface area contributed by atoms with E-state index < -0.39 is 0 Å². The van der Waals surface area contributed by atoms with E-state index in [0.717, 1.165) is 12.2 Å². The van der Waals surface area contributed by atoms with Crippen LogP contribution in [-0.2, 0) is 6.42 Å². The van der Waals surface area contributed by atoms with Crippen molar-refractivity contribution in [1.82, 2.24) is 14.8 Å². The first kappa shape index (κ1) is 14.1. The van der Waals surface area contributed by atoms with Gasteiger partial charge in [0.15, 0.2) is 0 Å². The van der Waals surface area contributed by atoms with E-state index in [4.69, 9.17) is 11.6 Å². The van der Waals surface area contributed by atoms with Gasteiger partial charge in [0.25, 0.3) is 0 Å². The third-order valence-corrected chi connectivity index (χ3v) is 3.75. The van der Waals surface area contributed by atoms with Crippen LogP contribution in [0.5, 0.6) is 0 Å². The third-order valence-electron chi connectivity index (χ3n) is 3.38. The summed E-state index contributed by atoms with van der Waals surface area (Å²) < 4.78 is 1.97. The van der Waals surface area contributed by atoms with Crippen LogP contribution >= 0.6 is 11.6 Å². The molecule has 0 saturated carbocycles. The Morgan fingerprint density at radius 2 is 2.00 bits per heavy atom. The number of hydrogen-bond donors (Lipinski definition) is 0. The molecule has 4 heteroatoms. The number of nitrogens with zero attached hydrogens (tertiary/aromatic N) is 3. The highest BCUT2D eigenvalue weighted by atomic mass is 35.5. The maximum atomic E-state index is 6.17. The standard InChI is InChI=1S/C15H20ClN3/c1-11(2)19-15(17-10-18-19)8-13(9-16)14-7-5-4-6-12(14)3/h4-7,10-11,13H,8-9H2,1-3H3. The first-order valence-electron chi connectivity index (χ1n) is 6.63. The molecule has 0 amide bonds. The van der Waals surface area contributed by atoms with Gasteiger partial charge in [-0.1, -0.05) is 24.3 Å². The van der Waals surface area contributed by atoms with E-state index in [1.807, 2.05) is 4.68 Å². The summed E-state index contributed by atoms with van der Waals surface area (Å²) in [6.07, 6.45) is 2.45. The quantitative estimate of drug-likeness (QED) is 0.780. The molecule has 0 aliphatic carbocycles. The van der Waals surface area contributed by atoms with Gasteiger partial charge < -0.3 is 0 Å². The van der Waals surface area contributed by atoms with Crippen molar-refractivity contribution >= 4 is 11.6 Å². The molecular weight excluding hydrogens is 258 g/mol. The van der Waals surface area contributed by atoms with E-state index in [2.05, 4.69) is 55.1 Å². The lowest BCUT2D eigenvalue weighted by atomic mass is 9.93. The Labute approximate surface area is 119 Å². The van der Waals surface area contributed by atoms with E-state index in [1.54, 1.807) is 6.33 Å². The molecule has 0 aliphatic rings. The van der Waals surface area contributed by atoms with Crippen molar-refractivity contribution in [2.45, 2.75) is 39.2 Å². The fourth-order valence-corrected chi connectivity index (χ4v) is 2.64. The summed E-state index contributed by atoms with van der Waals surface area (Å²) in [5, 5.41) is 4.28. The molecule has 1 atom stereocenters. The molecule has 102 valence electrons. The van der Waals surface area contributed by atoms with Gasteiger partial charge in [-0.05, 0) is 31.9 Å². The normalized spacial score (nSPS) is 12.9. The molecule has 1 unspecified atom stereocenters. The molecule has 19 heavy (non-hydrogen) atoms. The van der Waals surface area contributed by atoms with Gasteiger partial charge in [0.1, 0.15) is 12.2 Å². The first-order chi connectivity index (χ1) is 9.13. The van der Waals surface area contributed by atoms with Gasteiger partial charge in [0, 0.05) is 24.3 Å². The molecular formula is C15H20ClN3. The molecule has 0 bridgehead atoms. The molecule has 0 saturated heterocycles. The van der Waals surface area contributed by atoms with Crippen molar-refractivity contribution in [3.05, 3.63) is 47.5 Å². The van der Waals surface area contributed by atoms with Crippen molar-refractivity contribution < 1.29 is 0 Å². The number of benzene rings is 1. The number of aryl methyl sites for hydroxylation is 1. The Kier molecular flexibility index (Phi) is 4.59. The number of alkyl halides is 1. The van der Waals surface area contributed by atoms with Gasteiger partial charge in [-0.15, -0.1) is 11.6 Å². The summed E-state index contributed by atoms with van der Waals surface area (Å²) in [5.41, 5.74) is 2.58. The van der Waals surface area contributed by atoms with Crippen molar-refractivity contribution in [2.75, 3.05) is 5.88 Å². The molecule has 0 spiro atoms. The zero-order chi connectivity index (χ0) is 13.8. The zero-order valence-corrected chi connectivity index (χ0v) is 12.4. The second kappa shape index (κ2) is 6.20. The highest BCUT2D eigenvalue weighted by molar-refractivity contribution is 6.18. The number of halogens is 1.